The lowest BCUT2D eigenvalue weighted by Gasteiger charge is -2.31. The molecule has 34 heavy (non-hydrogen) atoms. The van der Waals surface area contributed by atoms with Crippen molar-refractivity contribution in [2.24, 2.45) is 0 Å². The molecule has 3 aromatic rings. The quantitative estimate of drug-likeness (QED) is 0.445. The van der Waals surface area contributed by atoms with Crippen LogP contribution in [0.4, 0.5) is 0 Å². The molecule has 1 amide bonds. The van der Waals surface area contributed by atoms with E-state index in [0.29, 0.717) is 73.9 Å². The van der Waals surface area contributed by atoms with Crippen molar-refractivity contribution in [3.8, 4) is 11.4 Å². The fourth-order valence-electron chi connectivity index (χ4n) is 3.71. The minimum Gasteiger partial charge on any atom is -0.385 e. The van der Waals surface area contributed by atoms with E-state index in [1.54, 1.807) is 43.6 Å². The second-order valence-corrected chi connectivity index (χ2v) is 9.91. The van der Waals surface area contributed by atoms with Gasteiger partial charge < -0.3 is 19.9 Å². The van der Waals surface area contributed by atoms with Gasteiger partial charge in [0, 0.05) is 58.2 Å². The molecular formula is C22H29ClN6O4S. The van der Waals surface area contributed by atoms with Crippen molar-refractivity contribution in [3.05, 3.63) is 42.1 Å². The van der Waals surface area contributed by atoms with Gasteiger partial charge in [-0.25, -0.2) is 18.4 Å². The van der Waals surface area contributed by atoms with Crippen molar-refractivity contribution < 1.29 is 17.9 Å². The van der Waals surface area contributed by atoms with Crippen LogP contribution in [0, 0.1) is 0 Å². The van der Waals surface area contributed by atoms with Gasteiger partial charge in [-0.2, -0.15) is 4.31 Å². The summed E-state index contributed by atoms with van der Waals surface area (Å²) in [6.07, 6.45) is 2.26. The predicted octanol–water partition coefficient (Wildman–Crippen LogP) is 1.75. The Morgan fingerprint density at radius 1 is 1.15 bits per heavy atom. The van der Waals surface area contributed by atoms with E-state index < -0.39 is 10.0 Å². The van der Waals surface area contributed by atoms with Crippen LogP contribution < -0.4 is 5.32 Å². The number of ether oxygens (including phenoxy) is 1. The first-order chi connectivity index (χ1) is 15.9. The number of methoxy groups -OCH3 is 1. The Morgan fingerprint density at radius 3 is 2.53 bits per heavy atom. The number of piperazine rings is 1. The molecule has 0 radical (unpaired) electrons. The topological polar surface area (TPSA) is 121 Å². The molecule has 0 spiro atoms. The highest BCUT2D eigenvalue weighted by molar-refractivity contribution is 7.89. The normalized spacial score (nSPS) is 15.2. The molecule has 4 rings (SSSR count). The first kappa shape index (κ1) is 26.0. The second-order valence-electron chi connectivity index (χ2n) is 7.98. The number of hydrogen-bond acceptors (Lipinski definition) is 7. The maximum atomic E-state index is 13.0. The summed E-state index contributed by atoms with van der Waals surface area (Å²) >= 11 is 0. The van der Waals surface area contributed by atoms with Gasteiger partial charge in [0.05, 0.1) is 16.0 Å². The number of imidazole rings is 1. The Labute approximate surface area is 205 Å². The molecule has 0 atom stereocenters. The number of H-pyrrole nitrogens is 1. The molecule has 1 aromatic carbocycles. The zero-order valence-corrected chi connectivity index (χ0v) is 20.8. The minimum absolute atomic E-state index is 0. The molecule has 1 aliphatic heterocycles. The summed E-state index contributed by atoms with van der Waals surface area (Å²) in [6, 6.07) is 8.25. The third kappa shape index (κ3) is 5.56. The first-order valence-corrected chi connectivity index (χ1v) is 12.2. The molecule has 2 aromatic heterocycles. The number of fused-ring (bicyclic) bond motifs is 1. The van der Waals surface area contributed by atoms with Gasteiger partial charge in [-0.3, -0.25) is 4.79 Å². The Kier molecular flexibility index (Phi) is 8.61. The molecule has 1 saturated heterocycles. The third-order valence-corrected chi connectivity index (χ3v) is 7.59. The Bertz CT molecular complexity index is 1220. The van der Waals surface area contributed by atoms with Gasteiger partial charge in [-0.1, -0.05) is 0 Å². The van der Waals surface area contributed by atoms with Gasteiger partial charge in [-0.15, -0.1) is 12.4 Å². The number of nitrogens with zero attached hydrogens (tertiary/aromatic N) is 4. The molecule has 0 bridgehead atoms. The lowest BCUT2D eigenvalue weighted by Crippen LogP contribution is -2.46. The number of rotatable bonds is 8. The smallest absolute Gasteiger partial charge is 0.253 e. The molecule has 2 N–H and O–H groups in total. The maximum absolute atomic E-state index is 13.0. The van der Waals surface area contributed by atoms with E-state index >= 15 is 0 Å². The van der Waals surface area contributed by atoms with Crippen LogP contribution in [0.3, 0.4) is 0 Å². The highest BCUT2D eigenvalue weighted by Gasteiger charge is 2.27. The number of sulfonamides is 1. The highest BCUT2D eigenvalue weighted by Crippen LogP contribution is 2.24. The Balaban J connectivity index is 0.00000324. The number of nitrogens with one attached hydrogen (secondary N) is 2. The largest absolute Gasteiger partial charge is 0.385 e. The van der Waals surface area contributed by atoms with Crippen molar-refractivity contribution >= 4 is 39.5 Å². The van der Waals surface area contributed by atoms with E-state index in [9.17, 15) is 13.2 Å². The van der Waals surface area contributed by atoms with E-state index in [2.05, 4.69) is 25.2 Å². The number of aromatic nitrogens is 3. The van der Waals surface area contributed by atoms with Crippen LogP contribution in [-0.4, -0.2) is 92.0 Å². The van der Waals surface area contributed by atoms with Gasteiger partial charge in [-0.05, 0) is 43.8 Å². The van der Waals surface area contributed by atoms with E-state index in [4.69, 9.17) is 4.74 Å². The summed E-state index contributed by atoms with van der Waals surface area (Å²) in [7, 11) is 0.0650. The number of amides is 1. The molecule has 1 fully saturated rings. The summed E-state index contributed by atoms with van der Waals surface area (Å²) in [5.74, 6) is 0.294. The molecule has 0 unspecified atom stereocenters. The first-order valence-electron chi connectivity index (χ1n) is 10.8. The predicted molar refractivity (Wildman–Crippen MR) is 132 cm³/mol. The second kappa shape index (κ2) is 11.2. The fourth-order valence-corrected chi connectivity index (χ4v) is 5.14. The van der Waals surface area contributed by atoms with Crippen LogP contribution in [0.1, 0.15) is 16.8 Å². The van der Waals surface area contributed by atoms with Gasteiger partial charge in [0.25, 0.3) is 5.91 Å². The van der Waals surface area contributed by atoms with Crippen LogP contribution in [0.15, 0.2) is 41.4 Å². The monoisotopic (exact) mass is 508 g/mol. The number of carbonyl (C=O) groups excluding carboxylic acids is 1. The van der Waals surface area contributed by atoms with Gasteiger partial charge in [0.1, 0.15) is 5.82 Å². The summed E-state index contributed by atoms with van der Waals surface area (Å²) in [5, 5.41) is 2.86. The summed E-state index contributed by atoms with van der Waals surface area (Å²) < 4.78 is 32.4. The van der Waals surface area contributed by atoms with Crippen LogP contribution in [-0.2, 0) is 14.8 Å². The average Bonchev–Trinajstić information content (AvgIpc) is 3.26. The number of hydrogen-bond donors (Lipinski definition) is 2. The van der Waals surface area contributed by atoms with Crippen molar-refractivity contribution in [1.82, 2.24) is 29.5 Å². The lowest BCUT2D eigenvalue weighted by molar-refractivity contribution is 0.0950. The van der Waals surface area contributed by atoms with E-state index in [-0.39, 0.29) is 23.2 Å². The number of likely N-dealkylation sites (N-methyl/N-ethyl adjacent to an activating group) is 1. The van der Waals surface area contributed by atoms with Crippen molar-refractivity contribution in [2.75, 3.05) is 53.5 Å². The molecule has 184 valence electrons. The molecule has 0 saturated carbocycles. The molecule has 0 aliphatic carbocycles. The highest BCUT2D eigenvalue weighted by atomic mass is 35.5. The minimum atomic E-state index is -3.54. The van der Waals surface area contributed by atoms with Gasteiger partial charge in [0.15, 0.2) is 5.65 Å². The van der Waals surface area contributed by atoms with E-state index in [0.717, 1.165) is 0 Å². The number of pyridine rings is 1. The molecular weight excluding hydrogens is 480 g/mol. The average molecular weight is 509 g/mol. The van der Waals surface area contributed by atoms with Gasteiger partial charge in [0.2, 0.25) is 10.0 Å². The van der Waals surface area contributed by atoms with Crippen LogP contribution in [0.5, 0.6) is 0 Å². The number of halogens is 1. The van der Waals surface area contributed by atoms with Crippen molar-refractivity contribution in [3.63, 3.8) is 0 Å². The summed E-state index contributed by atoms with van der Waals surface area (Å²) in [5.41, 5.74) is 2.11. The zero-order valence-electron chi connectivity index (χ0n) is 19.2. The maximum Gasteiger partial charge on any atom is 0.253 e. The molecule has 1 aliphatic rings. The molecule has 10 nitrogen and oxygen atoms in total. The SMILES string of the molecule is COCCCNC(=O)c1ccnc2nc(-c3ccc(S(=O)(=O)N4CCN(C)CC4)cc3)[nH]c12.Cl. The molecule has 12 heteroatoms. The third-order valence-electron chi connectivity index (χ3n) is 5.68. The Hall–Kier alpha value is -2.57. The van der Waals surface area contributed by atoms with Crippen LogP contribution in [0.25, 0.3) is 22.6 Å². The zero-order chi connectivity index (χ0) is 23.4. The van der Waals surface area contributed by atoms with E-state index in [1.165, 1.54) is 4.31 Å². The van der Waals surface area contributed by atoms with Crippen molar-refractivity contribution in [1.29, 1.82) is 0 Å². The molecule has 3 heterocycles. The standard InChI is InChI=1S/C22H28N6O4S.ClH/c1-27-11-13-28(14-12-27)33(30,31)17-6-4-16(5-7-17)20-25-19-18(8-10-23-21(19)26-20)22(29)24-9-3-15-32-2;/h4-8,10H,3,9,11-15H2,1-2H3,(H,24,29)(H,23,25,26);1H. The number of benzene rings is 1. The van der Waals surface area contributed by atoms with Crippen molar-refractivity contribution in [2.45, 2.75) is 11.3 Å². The van der Waals surface area contributed by atoms with Gasteiger partial charge >= 0.3 is 0 Å². The summed E-state index contributed by atoms with van der Waals surface area (Å²) in [6.45, 7) is 3.46. The number of carbonyl (C=O) groups is 1. The van der Waals surface area contributed by atoms with E-state index in [1.807, 2.05) is 7.05 Å². The number of aromatic amines is 1. The van der Waals surface area contributed by atoms with Crippen LogP contribution in [0.2, 0.25) is 0 Å². The fraction of sp³-hybridized carbons (Fsp3) is 0.409. The Morgan fingerprint density at radius 2 is 1.85 bits per heavy atom. The van der Waals surface area contributed by atoms with Crippen LogP contribution >= 0.6 is 12.4 Å². The lowest BCUT2D eigenvalue weighted by atomic mass is 10.2. The summed E-state index contributed by atoms with van der Waals surface area (Å²) in [4.78, 5) is 26.9.